The van der Waals surface area contributed by atoms with Crippen molar-refractivity contribution in [3.8, 4) is 0 Å². The van der Waals surface area contributed by atoms with Gasteiger partial charge >= 0.3 is 18.0 Å². The van der Waals surface area contributed by atoms with Crippen LogP contribution in [0.3, 0.4) is 0 Å². The minimum Gasteiger partial charge on any atom is -0.442 e. The summed E-state index contributed by atoms with van der Waals surface area (Å²) in [6, 6.07) is 32.2. The van der Waals surface area contributed by atoms with Crippen LogP contribution in [0.1, 0.15) is 158 Å². The van der Waals surface area contributed by atoms with Gasteiger partial charge in [-0.25, -0.2) is 19.0 Å². The van der Waals surface area contributed by atoms with Gasteiger partial charge in [-0.05, 0) is 203 Å². The lowest BCUT2D eigenvalue weighted by molar-refractivity contribution is -0.150. The number of hydrogen-bond donors (Lipinski definition) is 2. The highest BCUT2D eigenvalue weighted by Gasteiger charge is 2.30. The molecule has 3 amide bonds. The zero-order valence-corrected chi connectivity index (χ0v) is 49.4. The van der Waals surface area contributed by atoms with Crippen molar-refractivity contribution in [1.29, 1.82) is 0 Å². The molecule has 0 unspecified atom stereocenters. The highest BCUT2D eigenvalue weighted by atomic mass is 16.7. The molecule has 0 bridgehead atoms. The Labute approximate surface area is 484 Å². The summed E-state index contributed by atoms with van der Waals surface area (Å²) in [5.41, 5.74) is 20.9. The summed E-state index contributed by atoms with van der Waals surface area (Å²) >= 11 is 0. The first-order valence-electron chi connectivity index (χ1n) is 28.3. The number of nitrogens with two attached hydrogens (primary N) is 1. The van der Waals surface area contributed by atoms with Crippen LogP contribution in [0.4, 0.5) is 4.79 Å². The lowest BCUT2D eigenvalue weighted by Crippen LogP contribution is -2.36. The standard InChI is InChI=1S/C35H41N5O5.C30H33N5O3/c1-8-40-30-14-13-28(23(4)32(30)36-38-40)29(19-31(41)45-37-34(43)44-35(5,6)7)25-12-11-24-15-16-39(20-27(24)18-25)33(42)26-10-9-21(2)22(3)17-26;1-5-35-27-11-10-25(20(4)29(27)32-33-35)26(16-28(36)38-31)22-9-8-21-12-13-34(17-24(21)15-22)30(37)23-7-6-18(2)19(3)14-23/h9-14,17-18,29H,8,15-16,19-20H2,1-7H3,(H,37,43);6-11,14-15,26H,5,12-13,16-17,31H2,1-4H3/t29-;26-/m00/s1. The number of benzene rings is 6. The molecule has 0 radical (unpaired) electrons. The Morgan fingerprint density at radius 3 is 1.42 bits per heavy atom. The van der Waals surface area contributed by atoms with E-state index < -0.39 is 29.6 Å². The molecule has 18 nitrogen and oxygen atoms in total. The van der Waals surface area contributed by atoms with Crippen LogP contribution in [-0.2, 0) is 63.0 Å². The summed E-state index contributed by atoms with van der Waals surface area (Å²) in [5, 5.41) is 17.4. The third kappa shape index (κ3) is 13.0. The Morgan fingerprint density at radius 2 is 1.01 bits per heavy atom. The maximum Gasteiger partial charge on any atom is 0.441 e. The fourth-order valence-corrected chi connectivity index (χ4v) is 11.3. The Bertz CT molecular complexity index is 3800. The van der Waals surface area contributed by atoms with E-state index in [0.717, 1.165) is 103 Å². The SMILES string of the molecule is CCn1nnc2c(C)c([C@@H](CC(=O)ON)c3ccc4c(c3)CN(C(=O)c3ccc(C)c(C)c3)CC4)ccc21.CCn1nnc2c(C)c([C@@H](CC(=O)ONC(=O)OC(C)(C)C)c3ccc4c(c3)CN(C(=O)c3ccc(C)c(C)c3)CC4)ccc21. The molecule has 0 saturated carbocycles. The molecule has 2 aliphatic heterocycles. The van der Waals surface area contributed by atoms with Gasteiger partial charge in [0.25, 0.3) is 11.8 Å². The van der Waals surface area contributed by atoms with Crippen molar-refractivity contribution in [3.63, 3.8) is 0 Å². The zero-order chi connectivity index (χ0) is 59.4. The van der Waals surface area contributed by atoms with Crippen LogP contribution in [0.15, 0.2) is 97.1 Å². The van der Waals surface area contributed by atoms with Gasteiger partial charge in [-0.2, -0.15) is 5.90 Å². The number of fused-ring (bicyclic) bond motifs is 4. The van der Waals surface area contributed by atoms with Crippen molar-refractivity contribution < 1.29 is 38.4 Å². The van der Waals surface area contributed by atoms with Gasteiger partial charge < -0.3 is 24.2 Å². The third-order valence-corrected chi connectivity index (χ3v) is 16.2. The van der Waals surface area contributed by atoms with E-state index in [4.69, 9.17) is 15.5 Å². The first kappa shape index (κ1) is 58.9. The van der Waals surface area contributed by atoms with Gasteiger partial charge in [0.1, 0.15) is 16.6 Å². The number of hydroxylamine groups is 1. The summed E-state index contributed by atoms with van der Waals surface area (Å²) in [6.07, 6.45) is 0.725. The van der Waals surface area contributed by atoms with Gasteiger partial charge in [-0.1, -0.05) is 71.1 Å². The first-order valence-corrected chi connectivity index (χ1v) is 28.3. The van der Waals surface area contributed by atoms with E-state index in [0.29, 0.717) is 43.9 Å². The lowest BCUT2D eigenvalue weighted by atomic mass is 9.83. The summed E-state index contributed by atoms with van der Waals surface area (Å²) in [7, 11) is 0. The molecule has 83 heavy (non-hydrogen) atoms. The molecule has 432 valence electrons. The molecule has 0 spiro atoms. The zero-order valence-electron chi connectivity index (χ0n) is 49.4. The number of carbonyl (C=O) groups excluding carboxylic acids is 5. The largest absolute Gasteiger partial charge is 0.442 e. The van der Waals surface area contributed by atoms with Crippen molar-refractivity contribution >= 4 is 51.9 Å². The van der Waals surface area contributed by atoms with Crippen LogP contribution in [0.25, 0.3) is 22.1 Å². The molecule has 0 aliphatic carbocycles. The number of rotatable bonds is 12. The number of nitrogens with zero attached hydrogens (tertiary/aromatic N) is 8. The van der Waals surface area contributed by atoms with Crippen LogP contribution in [0.2, 0.25) is 0 Å². The summed E-state index contributed by atoms with van der Waals surface area (Å²) in [5.74, 6) is 3.48. The highest BCUT2D eigenvalue weighted by molar-refractivity contribution is 5.95. The number of nitrogens with one attached hydrogen (secondary N) is 1. The lowest BCUT2D eigenvalue weighted by Gasteiger charge is -2.30. The minimum absolute atomic E-state index is 0.00260. The number of carbonyl (C=O) groups is 5. The van der Waals surface area contributed by atoms with Crippen LogP contribution in [-0.4, -0.2) is 88.3 Å². The smallest absolute Gasteiger partial charge is 0.441 e. The topological polar surface area (TPSA) is 219 Å². The molecule has 0 saturated heterocycles. The van der Waals surface area contributed by atoms with Crippen LogP contribution < -0.4 is 11.4 Å². The second kappa shape index (κ2) is 24.8. The number of ether oxygens (including phenoxy) is 1. The minimum atomic E-state index is -0.844. The van der Waals surface area contributed by atoms with Crippen molar-refractivity contribution in [1.82, 2.24) is 45.3 Å². The predicted octanol–water partition coefficient (Wildman–Crippen LogP) is 10.6. The van der Waals surface area contributed by atoms with Gasteiger partial charge in [0.05, 0.1) is 23.9 Å². The van der Waals surface area contributed by atoms with Crippen LogP contribution >= 0.6 is 0 Å². The second-order valence-corrected chi connectivity index (χ2v) is 22.8. The van der Waals surface area contributed by atoms with E-state index in [-0.39, 0.29) is 30.6 Å². The Morgan fingerprint density at radius 1 is 0.566 bits per heavy atom. The predicted molar refractivity (Wildman–Crippen MR) is 316 cm³/mol. The monoisotopic (exact) mass is 1120 g/mol. The van der Waals surface area contributed by atoms with Gasteiger partial charge in [-0.15, -0.1) is 15.7 Å². The number of amides is 3. The van der Waals surface area contributed by atoms with E-state index in [2.05, 4.69) is 61.3 Å². The normalized spacial score (nSPS) is 13.8. The maximum atomic E-state index is 13.5. The molecule has 3 N–H and O–H groups in total. The van der Waals surface area contributed by atoms with E-state index in [1.807, 2.05) is 141 Å². The van der Waals surface area contributed by atoms with Crippen molar-refractivity contribution in [2.24, 2.45) is 5.90 Å². The molecule has 6 aromatic carbocycles. The van der Waals surface area contributed by atoms with Crippen molar-refractivity contribution in [2.75, 3.05) is 13.1 Å². The molecule has 2 aromatic heterocycles. The molecule has 18 heteroatoms. The molecule has 8 aromatic rings. The third-order valence-electron chi connectivity index (χ3n) is 16.2. The van der Waals surface area contributed by atoms with E-state index >= 15 is 0 Å². The summed E-state index contributed by atoms with van der Waals surface area (Å²) in [6.45, 7) is 25.0. The average molecular weight is 1120 g/mol. The average Bonchev–Trinajstić information content (AvgIpc) is 4.11. The molecule has 4 heterocycles. The molecular formula is C65H74N10O8. The molecule has 2 atom stereocenters. The first-order chi connectivity index (χ1) is 39.6. The number of hydrogen-bond acceptors (Lipinski definition) is 13. The molecular weight excluding hydrogens is 1050 g/mol. The van der Waals surface area contributed by atoms with Crippen LogP contribution in [0.5, 0.6) is 0 Å². The van der Waals surface area contributed by atoms with Gasteiger partial charge in [-0.3, -0.25) is 14.4 Å². The van der Waals surface area contributed by atoms with Gasteiger partial charge in [0.15, 0.2) is 0 Å². The van der Waals surface area contributed by atoms with E-state index in [1.165, 1.54) is 16.7 Å². The fourth-order valence-electron chi connectivity index (χ4n) is 11.3. The Kier molecular flexibility index (Phi) is 17.6. The van der Waals surface area contributed by atoms with Crippen molar-refractivity contribution in [2.45, 2.75) is 145 Å². The Hall–Kier alpha value is -8.77. The summed E-state index contributed by atoms with van der Waals surface area (Å²) in [4.78, 5) is 78.0. The van der Waals surface area contributed by atoms with E-state index in [1.54, 1.807) is 20.8 Å². The second-order valence-electron chi connectivity index (χ2n) is 22.8. The van der Waals surface area contributed by atoms with Crippen LogP contribution in [0, 0.1) is 41.5 Å². The highest BCUT2D eigenvalue weighted by Crippen LogP contribution is 2.38. The molecule has 2 aliphatic rings. The maximum absolute atomic E-state index is 13.5. The number of aromatic nitrogens is 6. The molecule has 10 rings (SSSR count). The number of aryl methyl sites for hydroxylation is 8. The fraction of sp³-hybridized carbons (Fsp3) is 0.369. The van der Waals surface area contributed by atoms with Gasteiger partial charge in [0, 0.05) is 62.2 Å². The van der Waals surface area contributed by atoms with Crippen molar-refractivity contribution in [3.05, 3.63) is 186 Å². The molecule has 0 fully saturated rings. The Balaban J connectivity index is 0.000000202. The van der Waals surface area contributed by atoms with E-state index in [9.17, 15) is 24.0 Å². The summed E-state index contributed by atoms with van der Waals surface area (Å²) < 4.78 is 8.89. The quantitative estimate of drug-likeness (QED) is 0.109. The van der Waals surface area contributed by atoms with Gasteiger partial charge in [0.2, 0.25) is 0 Å².